The third-order valence-electron chi connectivity index (χ3n) is 6.36. The Morgan fingerprint density at radius 3 is 2.36 bits per heavy atom. The van der Waals surface area contributed by atoms with Crippen LogP contribution in [-0.2, 0) is 14.3 Å². The molecule has 0 spiro atoms. The molecule has 1 aliphatic heterocycles. The number of fused-ring (bicyclic) bond motifs is 3. The van der Waals surface area contributed by atoms with Crippen molar-refractivity contribution in [2.45, 2.75) is 25.3 Å². The number of hydrogen-bond donors (Lipinski definition) is 2. The molecule has 4 rings (SSSR count). The number of likely N-dealkylation sites (tertiary alicyclic amines) is 1. The van der Waals surface area contributed by atoms with Crippen LogP contribution in [0.4, 0.5) is 4.79 Å². The molecule has 2 unspecified atom stereocenters. The van der Waals surface area contributed by atoms with Crippen molar-refractivity contribution in [2.24, 2.45) is 5.92 Å². The van der Waals surface area contributed by atoms with E-state index in [1.807, 2.05) is 31.2 Å². The highest BCUT2D eigenvalue weighted by atomic mass is 32.2. The van der Waals surface area contributed by atoms with E-state index in [9.17, 15) is 19.5 Å². The summed E-state index contributed by atoms with van der Waals surface area (Å²) in [6.07, 6.45) is 0.222. The van der Waals surface area contributed by atoms with Crippen LogP contribution in [0.5, 0.6) is 0 Å². The number of rotatable bonds is 8. The van der Waals surface area contributed by atoms with Crippen LogP contribution in [0.3, 0.4) is 0 Å². The van der Waals surface area contributed by atoms with E-state index in [0.717, 1.165) is 11.1 Å². The Labute approximate surface area is 197 Å². The fraction of sp³-hybridized carbons (Fsp3) is 0.400. The second-order valence-electron chi connectivity index (χ2n) is 8.44. The summed E-state index contributed by atoms with van der Waals surface area (Å²) in [4.78, 5) is 37.5. The summed E-state index contributed by atoms with van der Waals surface area (Å²) >= 11 is 1.38. The van der Waals surface area contributed by atoms with Gasteiger partial charge in [0.05, 0.1) is 5.75 Å². The fourth-order valence-electron chi connectivity index (χ4n) is 4.72. The maximum Gasteiger partial charge on any atom is 0.407 e. The number of hydrogen-bond acceptors (Lipinski definition) is 5. The Morgan fingerprint density at radius 2 is 1.73 bits per heavy atom. The number of nitrogens with zero attached hydrogens (tertiary/aromatic N) is 1. The van der Waals surface area contributed by atoms with Crippen molar-refractivity contribution < 1.29 is 24.2 Å². The molecule has 2 aliphatic rings. The van der Waals surface area contributed by atoms with E-state index in [0.29, 0.717) is 25.3 Å². The zero-order chi connectivity index (χ0) is 23.4. The average Bonchev–Trinajstić information content (AvgIpc) is 3.35. The summed E-state index contributed by atoms with van der Waals surface area (Å²) in [7, 11) is 0. The lowest BCUT2D eigenvalue weighted by Gasteiger charge is -2.23. The highest BCUT2D eigenvalue weighted by Crippen LogP contribution is 2.44. The van der Waals surface area contributed by atoms with Crippen LogP contribution in [0.15, 0.2) is 48.5 Å². The first kappa shape index (κ1) is 23.2. The van der Waals surface area contributed by atoms with Gasteiger partial charge in [-0.05, 0) is 34.6 Å². The number of aliphatic carboxylic acids is 1. The number of carbonyl (C=O) groups excluding carboxylic acids is 2. The van der Waals surface area contributed by atoms with Crippen molar-refractivity contribution in [3.63, 3.8) is 0 Å². The van der Waals surface area contributed by atoms with E-state index in [1.54, 1.807) is 0 Å². The van der Waals surface area contributed by atoms with Crippen molar-refractivity contribution in [1.82, 2.24) is 10.2 Å². The van der Waals surface area contributed by atoms with Gasteiger partial charge in [0, 0.05) is 24.8 Å². The maximum atomic E-state index is 12.4. The summed E-state index contributed by atoms with van der Waals surface area (Å²) in [5.41, 5.74) is 4.69. The van der Waals surface area contributed by atoms with Gasteiger partial charge in [-0.25, -0.2) is 9.59 Å². The lowest BCUT2D eigenvalue weighted by atomic mass is 9.98. The van der Waals surface area contributed by atoms with Crippen LogP contribution in [-0.4, -0.2) is 65.2 Å². The number of thioether (sulfide) groups is 1. The summed E-state index contributed by atoms with van der Waals surface area (Å²) in [5, 5.41) is 12.1. The highest BCUT2D eigenvalue weighted by Gasteiger charge is 2.39. The first-order valence-corrected chi connectivity index (χ1v) is 12.3. The molecule has 2 N–H and O–H groups in total. The van der Waals surface area contributed by atoms with E-state index in [-0.39, 0.29) is 30.1 Å². The molecule has 2 aromatic carbocycles. The standard InChI is InChI=1S/C25H28N2O5S/c1-16-10-12-27(23(16)24(29)30)22(28)15-33-13-11-26-25(31)32-14-21-19-8-4-2-6-17(19)18-7-3-5-9-20(18)21/h2-9,16,21,23H,10-15H2,1H3,(H,26,31)(H,29,30). The number of amides is 2. The monoisotopic (exact) mass is 468 g/mol. The van der Waals surface area contributed by atoms with Crippen molar-refractivity contribution in [2.75, 3.05) is 31.2 Å². The molecule has 1 fully saturated rings. The first-order valence-electron chi connectivity index (χ1n) is 11.2. The van der Waals surface area contributed by atoms with E-state index >= 15 is 0 Å². The van der Waals surface area contributed by atoms with Crippen LogP contribution < -0.4 is 5.32 Å². The second kappa shape index (κ2) is 10.3. The largest absolute Gasteiger partial charge is 0.480 e. The number of alkyl carbamates (subject to hydrolysis) is 1. The summed E-state index contributed by atoms with van der Waals surface area (Å²) in [5.74, 6) is -0.403. The van der Waals surface area contributed by atoms with Gasteiger partial charge in [0.25, 0.3) is 0 Å². The third kappa shape index (κ3) is 5.00. The Bertz CT molecular complexity index is 997. The SMILES string of the molecule is CC1CCN(C(=O)CSCCNC(=O)OCC2c3ccccc3-c3ccccc32)C1C(=O)O. The fourth-order valence-corrected chi connectivity index (χ4v) is 5.45. The minimum atomic E-state index is -0.949. The molecule has 2 aromatic rings. The number of carboxylic acid groups (broad SMARTS) is 1. The molecule has 2 atom stereocenters. The molecule has 33 heavy (non-hydrogen) atoms. The van der Waals surface area contributed by atoms with Crippen LogP contribution in [0.25, 0.3) is 11.1 Å². The molecule has 1 aliphatic carbocycles. The van der Waals surface area contributed by atoms with Gasteiger partial charge in [0.1, 0.15) is 12.6 Å². The van der Waals surface area contributed by atoms with Crippen molar-refractivity contribution in [3.05, 3.63) is 59.7 Å². The molecule has 1 saturated heterocycles. The summed E-state index contributed by atoms with van der Waals surface area (Å²) in [6.45, 7) is 2.97. The van der Waals surface area contributed by atoms with Crippen molar-refractivity contribution >= 4 is 29.7 Å². The normalized spacial score (nSPS) is 19.1. The van der Waals surface area contributed by atoms with Gasteiger partial charge in [-0.2, -0.15) is 11.8 Å². The quantitative estimate of drug-likeness (QED) is 0.575. The zero-order valence-corrected chi connectivity index (χ0v) is 19.3. The maximum absolute atomic E-state index is 12.4. The molecule has 2 amide bonds. The van der Waals surface area contributed by atoms with Gasteiger partial charge in [-0.15, -0.1) is 0 Å². The predicted octanol–water partition coefficient (Wildman–Crippen LogP) is 3.58. The number of benzene rings is 2. The minimum absolute atomic E-state index is 0.0141. The molecule has 0 aromatic heterocycles. The van der Waals surface area contributed by atoms with Gasteiger partial charge < -0.3 is 20.1 Å². The van der Waals surface area contributed by atoms with Gasteiger partial charge in [-0.1, -0.05) is 55.5 Å². The van der Waals surface area contributed by atoms with Crippen molar-refractivity contribution in [3.8, 4) is 11.1 Å². The summed E-state index contributed by atoms with van der Waals surface area (Å²) < 4.78 is 5.50. The predicted molar refractivity (Wildman–Crippen MR) is 127 cm³/mol. The number of nitrogens with one attached hydrogen (secondary N) is 1. The summed E-state index contributed by atoms with van der Waals surface area (Å²) in [6, 6.07) is 15.6. The molecule has 8 heteroatoms. The molecule has 0 saturated carbocycles. The van der Waals surface area contributed by atoms with Gasteiger partial charge in [0.2, 0.25) is 5.91 Å². The molecular weight excluding hydrogens is 440 g/mol. The molecule has 0 bridgehead atoms. The van der Waals surface area contributed by atoms with Crippen LogP contribution in [0.2, 0.25) is 0 Å². The van der Waals surface area contributed by atoms with E-state index in [1.165, 1.54) is 27.8 Å². The van der Waals surface area contributed by atoms with Crippen LogP contribution in [0.1, 0.15) is 30.4 Å². The lowest BCUT2D eigenvalue weighted by molar-refractivity contribution is -0.148. The zero-order valence-electron chi connectivity index (χ0n) is 18.5. The number of carbonyl (C=O) groups is 3. The first-order chi connectivity index (χ1) is 16.0. The lowest BCUT2D eigenvalue weighted by Crippen LogP contribution is -2.43. The van der Waals surface area contributed by atoms with Gasteiger partial charge in [-0.3, -0.25) is 4.79 Å². The minimum Gasteiger partial charge on any atom is -0.480 e. The Balaban J connectivity index is 1.19. The molecular formula is C25H28N2O5S. The molecule has 7 nitrogen and oxygen atoms in total. The average molecular weight is 469 g/mol. The van der Waals surface area contributed by atoms with Gasteiger partial charge >= 0.3 is 12.1 Å². The van der Waals surface area contributed by atoms with Crippen molar-refractivity contribution in [1.29, 1.82) is 0 Å². The molecule has 174 valence electrons. The van der Waals surface area contributed by atoms with E-state index in [4.69, 9.17) is 4.74 Å². The van der Waals surface area contributed by atoms with Crippen LogP contribution in [0, 0.1) is 5.92 Å². The number of carboxylic acids is 1. The van der Waals surface area contributed by atoms with E-state index < -0.39 is 18.1 Å². The number of ether oxygens (including phenoxy) is 1. The highest BCUT2D eigenvalue weighted by molar-refractivity contribution is 7.99. The Kier molecular flexibility index (Phi) is 7.23. The Hall–Kier alpha value is -3.00. The topological polar surface area (TPSA) is 95.9 Å². The Morgan fingerprint density at radius 1 is 1.09 bits per heavy atom. The molecule has 0 radical (unpaired) electrons. The second-order valence-corrected chi connectivity index (χ2v) is 9.55. The van der Waals surface area contributed by atoms with E-state index in [2.05, 4.69) is 29.6 Å². The molecule has 1 heterocycles. The van der Waals surface area contributed by atoms with Crippen LogP contribution >= 0.6 is 11.8 Å². The third-order valence-corrected chi connectivity index (χ3v) is 7.30. The van der Waals surface area contributed by atoms with Gasteiger partial charge in [0.15, 0.2) is 0 Å². The smallest absolute Gasteiger partial charge is 0.407 e.